The molecule has 3 aromatic rings. The van der Waals surface area contributed by atoms with Crippen LogP contribution in [-0.4, -0.2) is 0 Å². The molecule has 26 heavy (non-hydrogen) atoms. The minimum atomic E-state index is 0. The van der Waals surface area contributed by atoms with E-state index in [2.05, 4.69) is 75.4 Å². The van der Waals surface area contributed by atoms with E-state index in [0.717, 1.165) is 0 Å². The van der Waals surface area contributed by atoms with E-state index in [0.29, 0.717) is 5.92 Å². The predicted molar refractivity (Wildman–Crippen MR) is 102 cm³/mol. The largest absolute Gasteiger partial charge is 3.00 e. The van der Waals surface area contributed by atoms with Gasteiger partial charge in [0.25, 0.3) is 0 Å². The van der Waals surface area contributed by atoms with Crippen LogP contribution in [0.4, 0.5) is 0 Å². The smallest absolute Gasteiger partial charge is 1.00 e. The fourth-order valence-electron chi connectivity index (χ4n) is 3.30. The monoisotopic (exact) mass is 463 g/mol. The number of fused-ring (bicyclic) bond motifs is 1. The summed E-state index contributed by atoms with van der Waals surface area (Å²) in [6, 6.07) is 20.6. The molecule has 1 unspecified atom stereocenters. The first-order chi connectivity index (χ1) is 11.2. The van der Waals surface area contributed by atoms with Gasteiger partial charge in [0.1, 0.15) is 0 Å². The third-order valence-corrected chi connectivity index (χ3v) is 5.03. The van der Waals surface area contributed by atoms with Crippen molar-refractivity contribution in [2.45, 2.75) is 52.4 Å². The number of halogens is 2. The molecule has 0 aliphatic heterocycles. The van der Waals surface area contributed by atoms with E-state index in [-0.39, 0.29) is 51.0 Å². The van der Waals surface area contributed by atoms with Gasteiger partial charge in [-0.2, -0.15) is 6.07 Å². The van der Waals surface area contributed by atoms with Crippen LogP contribution in [0.15, 0.2) is 54.6 Å². The molecule has 0 bridgehead atoms. The van der Waals surface area contributed by atoms with Crippen molar-refractivity contribution in [1.82, 2.24) is 0 Å². The van der Waals surface area contributed by atoms with E-state index in [1.165, 1.54) is 58.7 Å². The molecule has 3 rings (SSSR count). The summed E-state index contributed by atoms with van der Waals surface area (Å²) in [5.41, 5.74) is 5.61. The molecule has 0 aliphatic carbocycles. The Morgan fingerprint density at radius 1 is 0.962 bits per heavy atom. The Balaban J connectivity index is 0.00000208. The number of rotatable bonds is 6. The predicted octanol–water partition coefficient (Wildman–Crippen LogP) is 1.09. The molecular formula is C23H27Cl2Zr. The van der Waals surface area contributed by atoms with Crippen molar-refractivity contribution in [1.29, 1.82) is 0 Å². The molecule has 0 spiro atoms. The van der Waals surface area contributed by atoms with Crippen molar-refractivity contribution in [2.75, 3.05) is 0 Å². The quantitative estimate of drug-likeness (QED) is 0.478. The van der Waals surface area contributed by atoms with Gasteiger partial charge in [0.05, 0.1) is 0 Å². The maximum absolute atomic E-state index is 2.39. The van der Waals surface area contributed by atoms with Crippen molar-refractivity contribution < 1.29 is 51.0 Å². The van der Waals surface area contributed by atoms with Gasteiger partial charge in [-0.25, -0.2) is 0 Å². The number of hydrogen-bond donors (Lipinski definition) is 0. The topological polar surface area (TPSA) is 0 Å². The molecule has 0 nitrogen and oxygen atoms in total. The average molecular weight is 466 g/mol. The summed E-state index contributed by atoms with van der Waals surface area (Å²) in [5.74, 6) is 0.638. The van der Waals surface area contributed by atoms with E-state index in [9.17, 15) is 0 Å². The number of benzene rings is 2. The van der Waals surface area contributed by atoms with Crippen molar-refractivity contribution in [2.24, 2.45) is 0 Å². The van der Waals surface area contributed by atoms with E-state index in [1.807, 2.05) is 0 Å². The van der Waals surface area contributed by atoms with Crippen LogP contribution < -0.4 is 24.8 Å². The zero-order valence-electron chi connectivity index (χ0n) is 15.9. The first-order valence-corrected chi connectivity index (χ1v) is 9.01. The SMILES string of the molecule is CCCCc1cc2c(-c3ccc(C(C)CC)cc3)cccc2[cH-]1.[Cl-].[Cl-].[Zr+3]. The Hall–Kier alpha value is -0.487. The van der Waals surface area contributed by atoms with Crippen LogP contribution in [-0.2, 0) is 32.6 Å². The molecule has 0 heterocycles. The third kappa shape index (κ3) is 5.75. The van der Waals surface area contributed by atoms with Crippen LogP contribution >= 0.6 is 0 Å². The van der Waals surface area contributed by atoms with Gasteiger partial charge in [-0.3, -0.25) is 0 Å². The molecule has 0 fully saturated rings. The summed E-state index contributed by atoms with van der Waals surface area (Å²) >= 11 is 0. The van der Waals surface area contributed by atoms with Gasteiger partial charge in [-0.05, 0) is 29.9 Å². The molecule has 3 aromatic carbocycles. The average Bonchev–Trinajstić information content (AvgIpc) is 3.02. The molecule has 137 valence electrons. The zero-order chi connectivity index (χ0) is 16.2. The molecule has 0 amide bonds. The molecule has 1 atom stereocenters. The Bertz CT molecular complexity index is 775. The zero-order valence-corrected chi connectivity index (χ0v) is 19.8. The maximum Gasteiger partial charge on any atom is 3.00 e. The van der Waals surface area contributed by atoms with Crippen molar-refractivity contribution >= 4 is 10.8 Å². The molecule has 0 saturated heterocycles. The molecule has 0 N–H and O–H groups in total. The first kappa shape index (κ1) is 25.5. The fraction of sp³-hybridized carbons (Fsp3) is 0.348. The standard InChI is InChI=1S/C23H27.2ClH.Zr/c1-4-6-8-18-15-21-9-7-10-22(23(21)16-18)20-13-11-19(12-14-20)17(3)5-2;;;/h7,9-17H,4-6,8H2,1-3H3;2*1H;/q-1;;;+3/p-2. The van der Waals surface area contributed by atoms with Gasteiger partial charge in [-0.1, -0.05) is 69.5 Å². The molecular weight excluding hydrogens is 438 g/mol. The molecule has 0 saturated carbocycles. The van der Waals surface area contributed by atoms with E-state index >= 15 is 0 Å². The van der Waals surface area contributed by atoms with Crippen molar-refractivity contribution in [3.8, 4) is 11.1 Å². The van der Waals surface area contributed by atoms with Gasteiger partial charge in [-0.15, -0.1) is 34.5 Å². The third-order valence-electron chi connectivity index (χ3n) is 5.03. The fourth-order valence-corrected chi connectivity index (χ4v) is 3.30. The Morgan fingerprint density at radius 3 is 2.27 bits per heavy atom. The van der Waals surface area contributed by atoms with Gasteiger partial charge in [0, 0.05) is 0 Å². The summed E-state index contributed by atoms with van der Waals surface area (Å²) in [5, 5.41) is 2.77. The van der Waals surface area contributed by atoms with Crippen LogP contribution in [0.1, 0.15) is 57.1 Å². The molecule has 1 radical (unpaired) electrons. The van der Waals surface area contributed by atoms with E-state index in [4.69, 9.17) is 0 Å². The second kappa shape index (κ2) is 12.1. The summed E-state index contributed by atoms with van der Waals surface area (Å²) < 4.78 is 0. The molecule has 0 aromatic heterocycles. The van der Waals surface area contributed by atoms with Gasteiger partial charge >= 0.3 is 26.2 Å². The van der Waals surface area contributed by atoms with Gasteiger partial charge in [0.15, 0.2) is 0 Å². The first-order valence-electron chi connectivity index (χ1n) is 9.01. The van der Waals surface area contributed by atoms with Crippen LogP contribution in [0.3, 0.4) is 0 Å². The maximum atomic E-state index is 2.39. The van der Waals surface area contributed by atoms with Crippen LogP contribution in [0.2, 0.25) is 0 Å². The van der Waals surface area contributed by atoms with Crippen LogP contribution in [0.5, 0.6) is 0 Å². The van der Waals surface area contributed by atoms with E-state index < -0.39 is 0 Å². The van der Waals surface area contributed by atoms with Crippen LogP contribution in [0.25, 0.3) is 21.9 Å². The molecule has 3 heteroatoms. The normalized spacial score (nSPS) is 11.2. The number of unbranched alkanes of at least 4 members (excludes halogenated alkanes) is 1. The number of aryl methyl sites for hydroxylation is 1. The minimum Gasteiger partial charge on any atom is -1.00 e. The Labute approximate surface area is 190 Å². The Morgan fingerprint density at radius 2 is 1.65 bits per heavy atom. The summed E-state index contributed by atoms with van der Waals surface area (Å²) in [7, 11) is 0. The van der Waals surface area contributed by atoms with E-state index in [1.54, 1.807) is 0 Å². The number of hydrogen-bond acceptors (Lipinski definition) is 0. The second-order valence-corrected chi connectivity index (χ2v) is 6.71. The van der Waals surface area contributed by atoms with Crippen molar-refractivity contribution in [3.05, 3.63) is 65.7 Å². The molecule has 0 aliphatic rings. The van der Waals surface area contributed by atoms with Gasteiger partial charge < -0.3 is 24.8 Å². The van der Waals surface area contributed by atoms with Crippen LogP contribution in [0, 0.1) is 0 Å². The Kier molecular flexibility index (Phi) is 11.8. The minimum absolute atomic E-state index is 0. The summed E-state index contributed by atoms with van der Waals surface area (Å²) in [6.07, 6.45) is 4.91. The van der Waals surface area contributed by atoms with Crippen molar-refractivity contribution in [3.63, 3.8) is 0 Å². The summed E-state index contributed by atoms with van der Waals surface area (Å²) in [4.78, 5) is 0. The second-order valence-electron chi connectivity index (χ2n) is 6.71. The van der Waals surface area contributed by atoms with Gasteiger partial charge in [0.2, 0.25) is 0 Å². The summed E-state index contributed by atoms with van der Waals surface area (Å²) in [6.45, 7) is 6.81.